The van der Waals surface area contributed by atoms with Crippen molar-refractivity contribution in [2.45, 2.75) is 0 Å². The standard InChI is InChI=1S/C19H16N4O2/c20-11-18(24)22-23-17-7-2-1-6-16(17)21-19(23)14-5-3-4-13(10-14)15-8-9-25-12-15/h1-10,12H,11,20H2,(H,22,24). The minimum Gasteiger partial charge on any atom is -0.472 e. The Morgan fingerprint density at radius 2 is 1.92 bits per heavy atom. The zero-order valence-corrected chi connectivity index (χ0v) is 13.3. The van der Waals surface area contributed by atoms with E-state index in [-0.39, 0.29) is 12.5 Å². The normalized spacial score (nSPS) is 10.9. The Morgan fingerprint density at radius 1 is 1.08 bits per heavy atom. The van der Waals surface area contributed by atoms with Crippen molar-refractivity contribution in [3.63, 3.8) is 0 Å². The van der Waals surface area contributed by atoms with Gasteiger partial charge in [-0.25, -0.2) is 9.66 Å². The summed E-state index contributed by atoms with van der Waals surface area (Å²) < 4.78 is 6.84. The largest absolute Gasteiger partial charge is 0.472 e. The number of amides is 1. The molecule has 4 rings (SSSR count). The number of aromatic nitrogens is 2. The summed E-state index contributed by atoms with van der Waals surface area (Å²) in [6.45, 7) is -0.0962. The summed E-state index contributed by atoms with van der Waals surface area (Å²) in [5.41, 5.74) is 12.7. The van der Waals surface area contributed by atoms with Crippen LogP contribution < -0.4 is 11.2 Å². The number of carbonyl (C=O) groups excluding carboxylic acids is 1. The van der Waals surface area contributed by atoms with Gasteiger partial charge in [-0.05, 0) is 29.8 Å². The smallest absolute Gasteiger partial charge is 0.252 e. The van der Waals surface area contributed by atoms with Gasteiger partial charge in [-0.15, -0.1) is 0 Å². The van der Waals surface area contributed by atoms with Crippen molar-refractivity contribution in [1.29, 1.82) is 0 Å². The molecule has 0 aliphatic rings. The van der Waals surface area contributed by atoms with Crippen LogP contribution in [-0.4, -0.2) is 22.1 Å². The third-order valence-corrected chi connectivity index (χ3v) is 3.96. The molecule has 0 fully saturated rings. The summed E-state index contributed by atoms with van der Waals surface area (Å²) in [5, 5.41) is 0. The van der Waals surface area contributed by atoms with Gasteiger partial charge in [-0.2, -0.15) is 0 Å². The second-order valence-corrected chi connectivity index (χ2v) is 5.59. The molecular formula is C19H16N4O2. The Kier molecular flexibility index (Phi) is 3.80. The number of imidazole rings is 1. The first-order valence-corrected chi connectivity index (χ1v) is 7.86. The van der Waals surface area contributed by atoms with Crippen LogP contribution in [0.3, 0.4) is 0 Å². The number of carbonyl (C=O) groups is 1. The van der Waals surface area contributed by atoms with E-state index in [9.17, 15) is 4.79 Å². The van der Waals surface area contributed by atoms with E-state index in [1.807, 2.05) is 54.6 Å². The second-order valence-electron chi connectivity index (χ2n) is 5.59. The molecule has 25 heavy (non-hydrogen) atoms. The second kappa shape index (κ2) is 6.26. The average molecular weight is 332 g/mol. The van der Waals surface area contributed by atoms with E-state index in [2.05, 4.69) is 10.4 Å². The number of hydrogen-bond donors (Lipinski definition) is 2. The number of benzene rings is 2. The monoisotopic (exact) mass is 332 g/mol. The van der Waals surface area contributed by atoms with Gasteiger partial charge in [-0.1, -0.05) is 30.3 Å². The van der Waals surface area contributed by atoms with Crippen LogP contribution in [-0.2, 0) is 4.79 Å². The van der Waals surface area contributed by atoms with E-state index in [1.54, 1.807) is 17.2 Å². The summed E-state index contributed by atoms with van der Waals surface area (Å²) in [6.07, 6.45) is 3.33. The van der Waals surface area contributed by atoms with Crippen LogP contribution in [0.5, 0.6) is 0 Å². The van der Waals surface area contributed by atoms with Gasteiger partial charge in [0.05, 0.1) is 30.1 Å². The molecule has 0 radical (unpaired) electrons. The SMILES string of the molecule is NCC(=O)Nn1c(-c2cccc(-c3ccoc3)c2)nc2ccccc21. The van der Waals surface area contributed by atoms with Crippen LogP contribution in [0.4, 0.5) is 0 Å². The molecule has 0 bridgehead atoms. The maximum atomic E-state index is 11.9. The number of nitrogens with zero attached hydrogens (tertiary/aromatic N) is 2. The number of nitrogens with two attached hydrogens (primary N) is 1. The molecule has 6 heteroatoms. The highest BCUT2D eigenvalue weighted by atomic mass is 16.3. The molecule has 0 unspecified atom stereocenters. The van der Waals surface area contributed by atoms with E-state index >= 15 is 0 Å². The lowest BCUT2D eigenvalue weighted by Gasteiger charge is -2.11. The molecule has 3 N–H and O–H groups in total. The maximum absolute atomic E-state index is 11.9. The van der Waals surface area contributed by atoms with Crippen LogP contribution in [0.2, 0.25) is 0 Å². The predicted molar refractivity (Wildman–Crippen MR) is 96.3 cm³/mol. The van der Waals surface area contributed by atoms with Crippen molar-refractivity contribution in [3.05, 3.63) is 67.1 Å². The highest BCUT2D eigenvalue weighted by Gasteiger charge is 2.14. The fourth-order valence-electron chi connectivity index (χ4n) is 2.77. The molecule has 2 aromatic heterocycles. The summed E-state index contributed by atoms with van der Waals surface area (Å²) in [7, 11) is 0. The van der Waals surface area contributed by atoms with E-state index in [0.717, 1.165) is 27.7 Å². The molecule has 0 aliphatic heterocycles. The van der Waals surface area contributed by atoms with Gasteiger partial charge in [0, 0.05) is 11.1 Å². The number of furan rings is 1. The molecule has 6 nitrogen and oxygen atoms in total. The third kappa shape index (κ3) is 2.79. The molecular weight excluding hydrogens is 316 g/mol. The fraction of sp³-hybridized carbons (Fsp3) is 0.0526. The highest BCUT2D eigenvalue weighted by molar-refractivity contribution is 5.90. The van der Waals surface area contributed by atoms with E-state index in [0.29, 0.717) is 5.82 Å². The lowest BCUT2D eigenvalue weighted by molar-refractivity contribution is -0.115. The molecule has 4 aromatic rings. The van der Waals surface area contributed by atoms with Crippen LogP contribution in [0.1, 0.15) is 0 Å². The number of nitrogens with one attached hydrogen (secondary N) is 1. The number of rotatable bonds is 4. The Hall–Kier alpha value is -3.38. The van der Waals surface area contributed by atoms with Gasteiger partial charge in [-0.3, -0.25) is 10.2 Å². The Labute approximate surface area is 143 Å². The predicted octanol–water partition coefficient (Wildman–Crippen LogP) is 2.99. The Morgan fingerprint density at radius 3 is 2.72 bits per heavy atom. The first-order chi connectivity index (χ1) is 12.3. The molecule has 124 valence electrons. The lowest BCUT2D eigenvalue weighted by atomic mass is 10.1. The molecule has 2 aromatic carbocycles. The zero-order chi connectivity index (χ0) is 17.2. The van der Waals surface area contributed by atoms with Crippen molar-refractivity contribution in [2.75, 3.05) is 12.0 Å². The maximum Gasteiger partial charge on any atom is 0.252 e. The molecule has 0 saturated heterocycles. The first-order valence-electron chi connectivity index (χ1n) is 7.86. The Bertz CT molecular complexity index is 1030. The van der Waals surface area contributed by atoms with Crippen molar-refractivity contribution in [1.82, 2.24) is 9.66 Å². The minimum absolute atomic E-state index is 0.0962. The number of para-hydroxylation sites is 2. The van der Waals surface area contributed by atoms with E-state index < -0.39 is 0 Å². The van der Waals surface area contributed by atoms with Crippen LogP contribution in [0, 0.1) is 0 Å². The van der Waals surface area contributed by atoms with Crippen molar-refractivity contribution >= 4 is 16.9 Å². The first kappa shape index (κ1) is 15.2. The quantitative estimate of drug-likeness (QED) is 0.601. The fourth-order valence-corrected chi connectivity index (χ4v) is 2.77. The van der Waals surface area contributed by atoms with Gasteiger partial charge in [0.15, 0.2) is 5.82 Å². The van der Waals surface area contributed by atoms with E-state index in [1.165, 1.54) is 0 Å². The van der Waals surface area contributed by atoms with Crippen molar-refractivity contribution in [2.24, 2.45) is 5.73 Å². The van der Waals surface area contributed by atoms with Gasteiger partial charge in [0.25, 0.3) is 5.91 Å². The molecule has 0 saturated carbocycles. The summed E-state index contributed by atoms with van der Waals surface area (Å²) in [4.78, 5) is 16.5. The van der Waals surface area contributed by atoms with Gasteiger partial charge >= 0.3 is 0 Å². The van der Waals surface area contributed by atoms with E-state index in [4.69, 9.17) is 10.2 Å². The molecule has 1 amide bonds. The summed E-state index contributed by atoms with van der Waals surface area (Å²) in [6, 6.07) is 17.4. The van der Waals surface area contributed by atoms with Crippen LogP contribution in [0.15, 0.2) is 71.5 Å². The molecule has 2 heterocycles. The van der Waals surface area contributed by atoms with Crippen molar-refractivity contribution < 1.29 is 9.21 Å². The third-order valence-electron chi connectivity index (χ3n) is 3.96. The minimum atomic E-state index is -0.282. The summed E-state index contributed by atoms with van der Waals surface area (Å²) in [5.74, 6) is 0.365. The number of hydrogen-bond acceptors (Lipinski definition) is 4. The van der Waals surface area contributed by atoms with Gasteiger partial charge in [0.2, 0.25) is 0 Å². The topological polar surface area (TPSA) is 86.1 Å². The molecule has 0 spiro atoms. The van der Waals surface area contributed by atoms with Gasteiger partial charge < -0.3 is 10.2 Å². The summed E-state index contributed by atoms with van der Waals surface area (Å²) >= 11 is 0. The Balaban J connectivity index is 1.87. The van der Waals surface area contributed by atoms with Crippen LogP contribution in [0.25, 0.3) is 33.5 Å². The van der Waals surface area contributed by atoms with Crippen LogP contribution >= 0.6 is 0 Å². The van der Waals surface area contributed by atoms with Gasteiger partial charge in [0.1, 0.15) is 0 Å². The molecule has 0 aliphatic carbocycles. The average Bonchev–Trinajstić information content (AvgIpc) is 3.30. The number of fused-ring (bicyclic) bond motifs is 1. The lowest BCUT2D eigenvalue weighted by Crippen LogP contribution is -2.29. The highest BCUT2D eigenvalue weighted by Crippen LogP contribution is 2.28. The zero-order valence-electron chi connectivity index (χ0n) is 13.3. The van der Waals surface area contributed by atoms with Crippen molar-refractivity contribution in [3.8, 4) is 22.5 Å². The molecule has 0 atom stereocenters.